The predicted octanol–water partition coefficient (Wildman–Crippen LogP) is 0.811. The Kier molecular flexibility index (Phi) is 2.25. The smallest absolute Gasteiger partial charge is 0.194 e. The lowest BCUT2D eigenvalue weighted by molar-refractivity contribution is -0.960. The summed E-state index contributed by atoms with van der Waals surface area (Å²) in [7, 11) is 4.03. The van der Waals surface area contributed by atoms with Crippen LogP contribution in [0.4, 0.5) is 0 Å². The molecule has 56 valence electrons. The van der Waals surface area contributed by atoms with Crippen molar-refractivity contribution in [3.05, 3.63) is 0 Å². The van der Waals surface area contributed by atoms with E-state index in [2.05, 4.69) is 6.92 Å². The summed E-state index contributed by atoms with van der Waals surface area (Å²) in [4.78, 5) is 0. The first kappa shape index (κ1) is 8.92. The summed E-state index contributed by atoms with van der Waals surface area (Å²) >= 11 is 0. The average Bonchev–Trinajstić information content (AvgIpc) is 1.64. The lowest BCUT2D eigenvalue weighted by Gasteiger charge is -2.39. The minimum Gasteiger partial charge on any atom is -0.343 e. The van der Waals surface area contributed by atoms with Gasteiger partial charge in [-0.05, 0) is 6.92 Å². The van der Waals surface area contributed by atoms with E-state index in [0.29, 0.717) is 4.48 Å². The van der Waals surface area contributed by atoms with Gasteiger partial charge in [0.1, 0.15) is 0 Å². The monoisotopic (exact) mass is 132 g/mol. The lowest BCUT2D eigenvalue weighted by atomic mass is 10.2. The first-order valence-corrected chi connectivity index (χ1v) is 3.36. The zero-order chi connectivity index (χ0) is 7.71. The van der Waals surface area contributed by atoms with E-state index in [0.717, 1.165) is 6.54 Å². The van der Waals surface area contributed by atoms with Crippen LogP contribution in [-0.2, 0) is 0 Å². The van der Waals surface area contributed by atoms with E-state index in [1.807, 2.05) is 27.9 Å². The molecule has 0 aromatic carbocycles. The summed E-state index contributed by atoms with van der Waals surface area (Å²) in [5.41, 5.74) is -0.616. The van der Waals surface area contributed by atoms with E-state index in [4.69, 9.17) is 0 Å². The van der Waals surface area contributed by atoms with Crippen molar-refractivity contribution in [2.75, 3.05) is 20.6 Å². The number of nitrogens with zero attached hydrogens (tertiary/aromatic N) is 1. The molecule has 0 fully saturated rings. The van der Waals surface area contributed by atoms with Crippen LogP contribution in [0.2, 0.25) is 0 Å². The zero-order valence-electron chi connectivity index (χ0n) is 7.10. The molecule has 1 N–H and O–H groups in total. The van der Waals surface area contributed by atoms with Gasteiger partial charge >= 0.3 is 0 Å². The van der Waals surface area contributed by atoms with Gasteiger partial charge in [-0.15, -0.1) is 0 Å². The second-order valence-electron chi connectivity index (χ2n) is 3.50. The molecule has 9 heavy (non-hydrogen) atoms. The summed E-state index contributed by atoms with van der Waals surface area (Å²) in [6, 6.07) is 0. The molecule has 0 heterocycles. The van der Waals surface area contributed by atoms with E-state index in [1.165, 1.54) is 0 Å². The van der Waals surface area contributed by atoms with Crippen molar-refractivity contribution in [1.29, 1.82) is 0 Å². The highest BCUT2D eigenvalue weighted by Crippen LogP contribution is 2.14. The molecule has 0 aromatic rings. The third-order valence-electron chi connectivity index (χ3n) is 2.27. The molecule has 0 saturated heterocycles. The van der Waals surface area contributed by atoms with Crippen LogP contribution in [0.5, 0.6) is 0 Å². The van der Waals surface area contributed by atoms with Gasteiger partial charge in [-0.3, -0.25) is 0 Å². The minimum absolute atomic E-state index is 0.616. The fraction of sp³-hybridized carbons (Fsp3) is 1.00. The van der Waals surface area contributed by atoms with Gasteiger partial charge in [0.2, 0.25) is 0 Å². The van der Waals surface area contributed by atoms with E-state index in [1.54, 1.807) is 0 Å². The highest BCUT2D eigenvalue weighted by molar-refractivity contribution is 4.48. The number of hydrogen-bond donors (Lipinski definition) is 1. The van der Waals surface area contributed by atoms with Crippen molar-refractivity contribution < 1.29 is 9.59 Å². The van der Waals surface area contributed by atoms with Gasteiger partial charge in [0.05, 0.1) is 20.6 Å². The van der Waals surface area contributed by atoms with Crippen LogP contribution in [0.25, 0.3) is 0 Å². The first-order valence-electron chi connectivity index (χ1n) is 3.36. The number of quaternary nitrogens is 1. The number of aliphatic hydroxyl groups is 1. The molecule has 0 aliphatic rings. The van der Waals surface area contributed by atoms with Crippen molar-refractivity contribution in [2.24, 2.45) is 0 Å². The molecule has 0 aliphatic heterocycles. The van der Waals surface area contributed by atoms with Crippen LogP contribution in [0, 0.1) is 0 Å². The van der Waals surface area contributed by atoms with Crippen molar-refractivity contribution in [1.82, 2.24) is 0 Å². The molecule has 0 aromatic heterocycles. The van der Waals surface area contributed by atoms with E-state index >= 15 is 0 Å². The van der Waals surface area contributed by atoms with Gasteiger partial charge in [-0.1, -0.05) is 0 Å². The third-order valence-corrected chi connectivity index (χ3v) is 2.27. The molecule has 2 heteroatoms. The van der Waals surface area contributed by atoms with E-state index in [9.17, 15) is 5.11 Å². The molecule has 0 rings (SSSR count). The highest BCUT2D eigenvalue weighted by Gasteiger charge is 2.31. The van der Waals surface area contributed by atoms with Gasteiger partial charge in [0, 0.05) is 13.8 Å². The van der Waals surface area contributed by atoms with Crippen LogP contribution in [0.1, 0.15) is 20.8 Å². The van der Waals surface area contributed by atoms with Crippen molar-refractivity contribution in [2.45, 2.75) is 26.5 Å². The Labute approximate surface area is 57.7 Å². The molecule has 0 unspecified atom stereocenters. The van der Waals surface area contributed by atoms with Gasteiger partial charge in [0.25, 0.3) is 0 Å². The fourth-order valence-electron chi connectivity index (χ4n) is 0.387. The van der Waals surface area contributed by atoms with Crippen LogP contribution in [0.3, 0.4) is 0 Å². The Balaban J connectivity index is 4.14. The average molecular weight is 132 g/mol. The van der Waals surface area contributed by atoms with E-state index < -0.39 is 5.72 Å². The molecular formula is C7H18NO+. The standard InChI is InChI=1S/C7H18NO/c1-6-8(4,5)7(2,3)9/h9H,6H2,1-5H3/q+1. The van der Waals surface area contributed by atoms with Gasteiger partial charge < -0.3 is 9.59 Å². The molecule has 0 radical (unpaired) electrons. The second-order valence-corrected chi connectivity index (χ2v) is 3.50. The molecular weight excluding hydrogens is 114 g/mol. The van der Waals surface area contributed by atoms with Crippen LogP contribution >= 0.6 is 0 Å². The second kappa shape index (κ2) is 2.27. The van der Waals surface area contributed by atoms with Crippen molar-refractivity contribution in [3.8, 4) is 0 Å². The quantitative estimate of drug-likeness (QED) is 0.435. The maximum atomic E-state index is 9.52. The Hall–Kier alpha value is -0.0800. The SMILES string of the molecule is CC[N+](C)(C)C(C)(C)O. The normalized spacial score (nSPS) is 14.0. The zero-order valence-corrected chi connectivity index (χ0v) is 7.10. The van der Waals surface area contributed by atoms with Crippen LogP contribution in [-0.4, -0.2) is 36.0 Å². The van der Waals surface area contributed by atoms with Gasteiger partial charge in [-0.2, -0.15) is 0 Å². The van der Waals surface area contributed by atoms with Gasteiger partial charge in [0.15, 0.2) is 5.72 Å². The summed E-state index contributed by atoms with van der Waals surface area (Å²) in [6.45, 7) is 6.68. The Morgan fingerprint density at radius 1 is 1.33 bits per heavy atom. The maximum Gasteiger partial charge on any atom is 0.194 e. The topological polar surface area (TPSA) is 20.2 Å². The first-order chi connectivity index (χ1) is 3.81. The predicted molar refractivity (Wildman–Crippen MR) is 38.9 cm³/mol. The van der Waals surface area contributed by atoms with Crippen LogP contribution < -0.4 is 0 Å². The molecule has 0 spiro atoms. The van der Waals surface area contributed by atoms with E-state index in [-0.39, 0.29) is 0 Å². The maximum absolute atomic E-state index is 9.52. The minimum atomic E-state index is -0.616. The molecule has 2 nitrogen and oxygen atoms in total. The largest absolute Gasteiger partial charge is 0.343 e. The van der Waals surface area contributed by atoms with Crippen molar-refractivity contribution >= 4 is 0 Å². The molecule has 0 aliphatic carbocycles. The molecule has 0 bridgehead atoms. The Bertz CT molecular complexity index is 91.6. The molecule has 0 saturated carbocycles. The molecule has 0 amide bonds. The van der Waals surface area contributed by atoms with Crippen molar-refractivity contribution in [3.63, 3.8) is 0 Å². The van der Waals surface area contributed by atoms with Gasteiger partial charge in [-0.25, -0.2) is 0 Å². The lowest BCUT2D eigenvalue weighted by Crippen LogP contribution is -2.55. The highest BCUT2D eigenvalue weighted by atomic mass is 16.3. The summed E-state index contributed by atoms with van der Waals surface area (Å²) in [5.74, 6) is 0. The Morgan fingerprint density at radius 3 is 1.67 bits per heavy atom. The molecule has 0 atom stereocenters. The van der Waals surface area contributed by atoms with Crippen LogP contribution in [0.15, 0.2) is 0 Å². The summed E-state index contributed by atoms with van der Waals surface area (Å²) in [6.07, 6.45) is 0. The number of hydrogen-bond acceptors (Lipinski definition) is 1. The third kappa shape index (κ3) is 1.95. The Morgan fingerprint density at radius 2 is 1.67 bits per heavy atom. The summed E-state index contributed by atoms with van der Waals surface area (Å²) < 4.78 is 0.646. The fourth-order valence-corrected chi connectivity index (χ4v) is 0.387. The summed E-state index contributed by atoms with van der Waals surface area (Å²) in [5, 5.41) is 9.52. The number of rotatable bonds is 2.